The molecule has 52 valence electrons. The third kappa shape index (κ3) is 2.79. The second-order valence-electron chi connectivity index (χ2n) is 2.78. The minimum absolute atomic E-state index is 0.363. The van der Waals surface area contributed by atoms with E-state index < -0.39 is 5.41 Å². The van der Waals surface area contributed by atoms with E-state index in [1.165, 1.54) is 0 Å². The van der Waals surface area contributed by atoms with Gasteiger partial charge in [-0.2, -0.15) is 0 Å². The number of nitrogens with one attached hydrogen (secondary N) is 1. The fourth-order valence-corrected chi connectivity index (χ4v) is 0.209. The average Bonchev–Trinajstić information content (AvgIpc) is 1.64. The van der Waals surface area contributed by atoms with E-state index in [1.807, 2.05) is 5.43 Å². The van der Waals surface area contributed by atoms with Crippen molar-refractivity contribution in [3.05, 3.63) is 4.91 Å². The zero-order valence-electron chi connectivity index (χ0n) is 5.76. The van der Waals surface area contributed by atoms with Crippen molar-refractivity contribution in [2.24, 2.45) is 10.7 Å². The van der Waals surface area contributed by atoms with E-state index >= 15 is 0 Å². The molecule has 0 aliphatic carbocycles. The molecular weight excluding hydrogens is 120 g/mol. The molecule has 0 bridgehead atoms. The van der Waals surface area contributed by atoms with Crippen molar-refractivity contribution in [3.63, 3.8) is 0 Å². The molecule has 0 heterocycles. The Balaban J connectivity index is 3.88. The van der Waals surface area contributed by atoms with E-state index in [9.17, 15) is 9.70 Å². The van der Waals surface area contributed by atoms with Gasteiger partial charge in [0.05, 0.1) is 5.29 Å². The molecule has 0 rings (SSSR count). The molecule has 9 heavy (non-hydrogen) atoms. The quantitative estimate of drug-likeness (QED) is 0.422. The second kappa shape index (κ2) is 2.57. The summed E-state index contributed by atoms with van der Waals surface area (Å²) in [4.78, 5) is 20.1. The highest BCUT2D eigenvalue weighted by Crippen LogP contribution is 2.11. The van der Waals surface area contributed by atoms with Gasteiger partial charge in [-0.1, -0.05) is 20.8 Å². The molecule has 0 radical (unpaired) electrons. The molecule has 0 saturated carbocycles. The molecule has 0 aromatic rings. The zero-order chi connectivity index (χ0) is 7.49. The van der Waals surface area contributed by atoms with E-state index in [1.54, 1.807) is 20.8 Å². The molecule has 0 unspecified atom stereocenters. The normalized spacial score (nSPS) is 10.6. The highest BCUT2D eigenvalue weighted by atomic mass is 16.3. The number of carbonyl (C=O) groups is 1. The van der Waals surface area contributed by atoms with Crippen LogP contribution in [-0.4, -0.2) is 5.91 Å². The molecule has 0 aromatic heterocycles. The molecule has 4 heteroatoms. The predicted molar refractivity (Wildman–Crippen MR) is 33.4 cm³/mol. The first-order valence-corrected chi connectivity index (χ1v) is 2.61. The Morgan fingerprint density at radius 2 is 1.89 bits per heavy atom. The first-order valence-electron chi connectivity index (χ1n) is 2.61. The van der Waals surface area contributed by atoms with Crippen LogP contribution in [0.25, 0.3) is 0 Å². The number of nitrogens with zero attached hydrogens (tertiary/aromatic N) is 1. The molecule has 1 amide bonds. The van der Waals surface area contributed by atoms with Gasteiger partial charge in [0.2, 0.25) is 5.91 Å². The summed E-state index contributed by atoms with van der Waals surface area (Å²) < 4.78 is 0. The smallest absolute Gasteiger partial charge is 0.248 e. The summed E-state index contributed by atoms with van der Waals surface area (Å²) in [5, 5.41) is 2.25. The van der Waals surface area contributed by atoms with Crippen LogP contribution in [0.1, 0.15) is 20.8 Å². The summed E-state index contributed by atoms with van der Waals surface area (Å²) in [6.45, 7) is 5.11. The maximum Gasteiger partial charge on any atom is 0.248 e. The molecule has 0 spiro atoms. The number of nitroso groups, excluding NO2 is 1. The summed E-state index contributed by atoms with van der Waals surface area (Å²) in [5.41, 5.74) is 1.28. The van der Waals surface area contributed by atoms with Crippen molar-refractivity contribution in [1.29, 1.82) is 0 Å². The van der Waals surface area contributed by atoms with Crippen LogP contribution >= 0.6 is 0 Å². The van der Waals surface area contributed by atoms with Crippen molar-refractivity contribution in [2.45, 2.75) is 20.8 Å². The Bertz CT molecular complexity index is 125. The van der Waals surface area contributed by atoms with Crippen LogP contribution in [0.5, 0.6) is 0 Å². The van der Waals surface area contributed by atoms with Gasteiger partial charge < -0.3 is 0 Å². The van der Waals surface area contributed by atoms with Crippen LogP contribution in [0.15, 0.2) is 5.29 Å². The Labute approximate surface area is 53.6 Å². The number of carbonyl (C=O) groups excluding carboxylic acids is 1. The molecule has 4 nitrogen and oxygen atoms in total. The standard InChI is InChI=1S/C5H10N2O2/c1-5(2,3)4(8)6-7-9/h1-3H3,(H,6,8,9). The minimum Gasteiger partial charge on any atom is -0.272 e. The van der Waals surface area contributed by atoms with Gasteiger partial charge in [0.1, 0.15) is 0 Å². The molecule has 0 aliphatic rings. The van der Waals surface area contributed by atoms with Gasteiger partial charge in [0.25, 0.3) is 0 Å². The predicted octanol–water partition coefficient (Wildman–Crippen LogP) is 0.830. The monoisotopic (exact) mass is 130 g/mol. The lowest BCUT2D eigenvalue weighted by Gasteiger charge is -2.12. The first kappa shape index (κ1) is 8.07. The van der Waals surface area contributed by atoms with Crippen LogP contribution in [0.4, 0.5) is 0 Å². The summed E-state index contributed by atoms with van der Waals surface area (Å²) >= 11 is 0. The Morgan fingerprint density at radius 1 is 1.44 bits per heavy atom. The Morgan fingerprint density at radius 3 is 2.00 bits per heavy atom. The van der Waals surface area contributed by atoms with Crippen LogP contribution in [-0.2, 0) is 4.79 Å². The van der Waals surface area contributed by atoms with Crippen LogP contribution in [0.2, 0.25) is 0 Å². The lowest BCUT2D eigenvalue weighted by molar-refractivity contribution is -0.128. The van der Waals surface area contributed by atoms with Gasteiger partial charge in [0, 0.05) is 5.41 Å². The van der Waals surface area contributed by atoms with Gasteiger partial charge >= 0.3 is 0 Å². The molecule has 0 atom stereocenters. The minimum atomic E-state index is -0.534. The summed E-state index contributed by atoms with van der Waals surface area (Å²) in [6, 6.07) is 0. The van der Waals surface area contributed by atoms with E-state index in [4.69, 9.17) is 0 Å². The fourth-order valence-electron chi connectivity index (χ4n) is 0.209. The van der Waals surface area contributed by atoms with Gasteiger partial charge in [-0.05, 0) is 0 Å². The summed E-state index contributed by atoms with van der Waals surface area (Å²) in [6.07, 6.45) is 0. The van der Waals surface area contributed by atoms with Gasteiger partial charge in [-0.15, -0.1) is 4.91 Å². The number of rotatable bonds is 1. The second-order valence-corrected chi connectivity index (χ2v) is 2.78. The maximum atomic E-state index is 10.7. The molecule has 0 saturated heterocycles. The summed E-state index contributed by atoms with van der Waals surface area (Å²) in [7, 11) is 0. The average molecular weight is 130 g/mol. The SMILES string of the molecule is CC(C)(C)C(=O)NN=O. The largest absolute Gasteiger partial charge is 0.272 e. The molecule has 0 aliphatic heterocycles. The van der Waals surface area contributed by atoms with E-state index in [0.29, 0.717) is 0 Å². The van der Waals surface area contributed by atoms with Gasteiger partial charge in [-0.25, -0.2) is 5.43 Å². The number of amides is 1. The number of hydrogen-bond donors (Lipinski definition) is 1. The number of hydrogen-bond acceptors (Lipinski definition) is 3. The Hall–Kier alpha value is -0.930. The molecule has 0 aromatic carbocycles. The van der Waals surface area contributed by atoms with Gasteiger partial charge in [-0.3, -0.25) is 4.79 Å². The van der Waals surface area contributed by atoms with Crippen LogP contribution in [0, 0.1) is 10.3 Å². The Kier molecular flexibility index (Phi) is 2.30. The third-order valence-corrected chi connectivity index (χ3v) is 0.828. The maximum absolute atomic E-state index is 10.7. The lowest BCUT2D eigenvalue weighted by atomic mass is 9.96. The lowest BCUT2D eigenvalue weighted by Crippen LogP contribution is -2.30. The van der Waals surface area contributed by atoms with Crippen molar-refractivity contribution in [3.8, 4) is 0 Å². The third-order valence-electron chi connectivity index (χ3n) is 0.828. The van der Waals surface area contributed by atoms with E-state index in [0.717, 1.165) is 0 Å². The molecule has 0 fully saturated rings. The first-order chi connectivity index (χ1) is 3.98. The fraction of sp³-hybridized carbons (Fsp3) is 0.800. The van der Waals surface area contributed by atoms with E-state index in [-0.39, 0.29) is 5.91 Å². The highest BCUT2D eigenvalue weighted by molar-refractivity contribution is 5.80. The summed E-state index contributed by atoms with van der Waals surface area (Å²) in [5.74, 6) is -0.363. The van der Waals surface area contributed by atoms with Gasteiger partial charge in [0.15, 0.2) is 0 Å². The van der Waals surface area contributed by atoms with Crippen LogP contribution in [0.3, 0.4) is 0 Å². The van der Waals surface area contributed by atoms with E-state index in [2.05, 4.69) is 5.29 Å². The van der Waals surface area contributed by atoms with Crippen molar-refractivity contribution < 1.29 is 4.79 Å². The topological polar surface area (TPSA) is 58.5 Å². The molecule has 1 N–H and O–H groups in total. The van der Waals surface area contributed by atoms with Crippen molar-refractivity contribution >= 4 is 5.91 Å². The zero-order valence-corrected chi connectivity index (χ0v) is 5.76. The van der Waals surface area contributed by atoms with Crippen LogP contribution < -0.4 is 5.43 Å². The van der Waals surface area contributed by atoms with Crippen molar-refractivity contribution in [2.75, 3.05) is 0 Å². The highest BCUT2D eigenvalue weighted by Gasteiger charge is 2.20. The molecular formula is C5H10N2O2. The van der Waals surface area contributed by atoms with Crippen molar-refractivity contribution in [1.82, 2.24) is 5.43 Å².